The van der Waals surface area contributed by atoms with Crippen molar-refractivity contribution in [3.8, 4) is 0 Å². The Morgan fingerprint density at radius 1 is 0.867 bits per heavy atom. The molecule has 0 saturated heterocycles. The molecule has 3 rings (SSSR count). The normalized spacial score (nSPS) is 11.1. The number of rotatable bonds is 9. The van der Waals surface area contributed by atoms with Crippen molar-refractivity contribution in [2.75, 3.05) is 6.54 Å². The molecule has 3 aromatic rings. The van der Waals surface area contributed by atoms with E-state index < -0.39 is 15.9 Å². The van der Waals surface area contributed by atoms with Crippen molar-refractivity contribution < 1.29 is 18.0 Å². The van der Waals surface area contributed by atoms with Crippen LogP contribution in [0.1, 0.15) is 20.8 Å². The maximum atomic E-state index is 12.5. The van der Waals surface area contributed by atoms with Crippen LogP contribution in [0.25, 0.3) is 0 Å². The van der Waals surface area contributed by atoms with Crippen LogP contribution in [0.4, 0.5) is 0 Å². The van der Waals surface area contributed by atoms with Gasteiger partial charge in [0, 0.05) is 23.5 Å². The van der Waals surface area contributed by atoms with Crippen LogP contribution in [-0.2, 0) is 27.9 Å². The van der Waals surface area contributed by atoms with Crippen molar-refractivity contribution in [1.82, 2.24) is 15.4 Å². The van der Waals surface area contributed by atoms with Crippen LogP contribution < -0.4 is 15.4 Å². The van der Waals surface area contributed by atoms with E-state index in [9.17, 15) is 18.0 Å². The lowest BCUT2D eigenvalue weighted by atomic mass is 10.2. The van der Waals surface area contributed by atoms with Gasteiger partial charge in [-0.05, 0) is 35.2 Å². The highest BCUT2D eigenvalue weighted by Gasteiger charge is 2.16. The molecule has 0 aliphatic heterocycles. The number of hydrogen-bond donors (Lipinski definition) is 3. The quantitative estimate of drug-likeness (QED) is 0.472. The molecule has 1 heterocycles. The van der Waals surface area contributed by atoms with Gasteiger partial charge in [0.2, 0.25) is 15.9 Å². The molecular formula is C21H21N3O4S2. The molecule has 0 saturated carbocycles. The summed E-state index contributed by atoms with van der Waals surface area (Å²) in [4.78, 5) is 25.2. The molecule has 0 aliphatic rings. The third kappa shape index (κ3) is 6.24. The Bertz CT molecular complexity index is 1100. The number of thiophene rings is 1. The van der Waals surface area contributed by atoms with Crippen molar-refractivity contribution in [3.63, 3.8) is 0 Å². The third-order valence-electron chi connectivity index (χ3n) is 4.17. The average Bonchev–Trinajstić information content (AvgIpc) is 3.29. The Hall–Kier alpha value is -3.01. The van der Waals surface area contributed by atoms with E-state index >= 15 is 0 Å². The smallest absolute Gasteiger partial charge is 0.251 e. The molecule has 0 unspecified atom stereocenters. The minimum Gasteiger partial charge on any atom is -0.350 e. The monoisotopic (exact) mass is 443 g/mol. The van der Waals surface area contributed by atoms with Gasteiger partial charge in [-0.15, -0.1) is 11.3 Å². The van der Waals surface area contributed by atoms with Crippen LogP contribution in [-0.4, -0.2) is 26.8 Å². The minimum absolute atomic E-state index is 0.0137. The number of amides is 2. The van der Waals surface area contributed by atoms with E-state index in [2.05, 4.69) is 15.4 Å². The van der Waals surface area contributed by atoms with Gasteiger partial charge in [0.25, 0.3) is 5.91 Å². The highest BCUT2D eigenvalue weighted by Crippen LogP contribution is 2.14. The summed E-state index contributed by atoms with van der Waals surface area (Å²) in [6, 6.07) is 18.8. The fraction of sp³-hybridized carbons (Fsp3) is 0.143. The summed E-state index contributed by atoms with van der Waals surface area (Å²) in [5, 5.41) is 7.08. The lowest BCUT2D eigenvalue weighted by Gasteiger charge is -2.09. The van der Waals surface area contributed by atoms with E-state index in [1.54, 1.807) is 0 Å². The van der Waals surface area contributed by atoms with Crippen LogP contribution in [0.2, 0.25) is 0 Å². The standard InChI is InChI=1S/C21H21N3O4S2/c25-20(22-13-16-6-2-1-3-7-16)15-23-21(26)17-8-4-10-19(12-17)30(27,28)24-14-18-9-5-11-29-18/h1-12,24H,13-15H2,(H,22,25)(H,23,26). The van der Waals surface area contributed by atoms with Gasteiger partial charge in [-0.1, -0.05) is 42.5 Å². The molecule has 0 spiro atoms. The van der Waals surface area contributed by atoms with E-state index in [0.717, 1.165) is 10.4 Å². The first-order valence-corrected chi connectivity index (χ1v) is 11.5. The molecule has 7 nitrogen and oxygen atoms in total. The molecular weight excluding hydrogens is 422 g/mol. The molecule has 1 aromatic heterocycles. The summed E-state index contributed by atoms with van der Waals surface area (Å²) in [6.45, 7) is 0.330. The van der Waals surface area contributed by atoms with Crippen molar-refractivity contribution in [3.05, 3.63) is 88.1 Å². The lowest BCUT2D eigenvalue weighted by molar-refractivity contribution is -0.120. The van der Waals surface area contributed by atoms with Gasteiger partial charge in [0.1, 0.15) is 0 Å². The van der Waals surface area contributed by atoms with Crippen LogP contribution in [0, 0.1) is 0 Å². The summed E-state index contributed by atoms with van der Waals surface area (Å²) < 4.78 is 27.5. The zero-order valence-corrected chi connectivity index (χ0v) is 17.6. The molecule has 0 radical (unpaired) electrons. The summed E-state index contributed by atoms with van der Waals surface area (Å²) in [5.41, 5.74) is 1.11. The van der Waals surface area contributed by atoms with E-state index in [1.165, 1.54) is 35.6 Å². The van der Waals surface area contributed by atoms with Gasteiger partial charge in [-0.25, -0.2) is 13.1 Å². The molecule has 0 bridgehead atoms. The molecule has 2 aromatic carbocycles. The van der Waals surface area contributed by atoms with Gasteiger partial charge in [-0.3, -0.25) is 9.59 Å². The van der Waals surface area contributed by atoms with Crippen molar-refractivity contribution >= 4 is 33.2 Å². The highest BCUT2D eigenvalue weighted by atomic mass is 32.2. The van der Waals surface area contributed by atoms with E-state index in [-0.39, 0.29) is 29.5 Å². The number of carbonyl (C=O) groups is 2. The molecule has 3 N–H and O–H groups in total. The number of benzene rings is 2. The maximum absolute atomic E-state index is 12.5. The predicted octanol–water partition coefficient (Wildman–Crippen LogP) is 2.27. The Labute approximate surface area is 179 Å². The second-order valence-electron chi connectivity index (χ2n) is 6.38. The first-order valence-electron chi connectivity index (χ1n) is 9.15. The topological polar surface area (TPSA) is 104 Å². The molecule has 0 atom stereocenters. The summed E-state index contributed by atoms with van der Waals surface area (Å²) >= 11 is 1.45. The van der Waals surface area contributed by atoms with Crippen LogP contribution in [0.3, 0.4) is 0 Å². The Kier molecular flexibility index (Phi) is 7.34. The van der Waals surface area contributed by atoms with E-state index in [1.807, 2.05) is 47.8 Å². The second kappa shape index (κ2) is 10.1. The zero-order chi connectivity index (χ0) is 21.4. The molecule has 30 heavy (non-hydrogen) atoms. The zero-order valence-electron chi connectivity index (χ0n) is 16.0. The van der Waals surface area contributed by atoms with Crippen LogP contribution >= 0.6 is 11.3 Å². The lowest BCUT2D eigenvalue weighted by Crippen LogP contribution is -2.36. The molecule has 2 amide bonds. The van der Waals surface area contributed by atoms with Gasteiger partial charge in [0.05, 0.1) is 11.4 Å². The van der Waals surface area contributed by atoms with E-state index in [0.29, 0.717) is 6.54 Å². The predicted molar refractivity (Wildman–Crippen MR) is 115 cm³/mol. The first-order chi connectivity index (χ1) is 14.4. The molecule has 0 aliphatic carbocycles. The summed E-state index contributed by atoms with van der Waals surface area (Å²) in [5.74, 6) is -0.867. The second-order valence-corrected chi connectivity index (χ2v) is 9.18. The van der Waals surface area contributed by atoms with Crippen molar-refractivity contribution in [1.29, 1.82) is 0 Å². The maximum Gasteiger partial charge on any atom is 0.251 e. The fourth-order valence-electron chi connectivity index (χ4n) is 2.59. The SMILES string of the molecule is O=C(CNC(=O)c1cccc(S(=O)(=O)NCc2cccs2)c1)NCc1ccccc1. The third-order valence-corrected chi connectivity index (χ3v) is 6.44. The van der Waals surface area contributed by atoms with Crippen molar-refractivity contribution in [2.45, 2.75) is 18.0 Å². The van der Waals surface area contributed by atoms with Crippen LogP contribution in [0.5, 0.6) is 0 Å². The Balaban J connectivity index is 1.54. The number of carbonyl (C=O) groups excluding carboxylic acids is 2. The Morgan fingerprint density at radius 3 is 2.40 bits per heavy atom. The average molecular weight is 444 g/mol. The largest absolute Gasteiger partial charge is 0.350 e. The number of hydrogen-bond acceptors (Lipinski definition) is 5. The first kappa shape index (κ1) is 21.7. The van der Waals surface area contributed by atoms with Gasteiger partial charge in [-0.2, -0.15) is 0 Å². The number of nitrogens with one attached hydrogen (secondary N) is 3. The fourth-order valence-corrected chi connectivity index (χ4v) is 4.38. The van der Waals surface area contributed by atoms with Gasteiger partial charge >= 0.3 is 0 Å². The van der Waals surface area contributed by atoms with E-state index in [4.69, 9.17) is 0 Å². The molecule has 156 valence electrons. The Morgan fingerprint density at radius 2 is 1.67 bits per heavy atom. The van der Waals surface area contributed by atoms with Gasteiger partial charge < -0.3 is 10.6 Å². The van der Waals surface area contributed by atoms with Crippen molar-refractivity contribution in [2.24, 2.45) is 0 Å². The highest BCUT2D eigenvalue weighted by molar-refractivity contribution is 7.89. The van der Waals surface area contributed by atoms with Gasteiger partial charge in [0.15, 0.2) is 0 Å². The molecule has 9 heteroatoms. The summed E-state index contributed by atoms with van der Waals surface area (Å²) in [6.07, 6.45) is 0. The minimum atomic E-state index is -3.77. The summed E-state index contributed by atoms with van der Waals surface area (Å²) in [7, 11) is -3.77. The van der Waals surface area contributed by atoms with Crippen LogP contribution in [0.15, 0.2) is 77.0 Å². The molecule has 0 fully saturated rings. The number of sulfonamides is 1.